The third kappa shape index (κ3) is 5.60. The monoisotopic (exact) mass is 466 g/mol. The largest absolute Gasteiger partial charge is 0.493 e. The molecule has 0 atom stereocenters. The van der Waals surface area contributed by atoms with Gasteiger partial charge in [0.25, 0.3) is 0 Å². The molecule has 1 aliphatic heterocycles. The highest BCUT2D eigenvalue weighted by atomic mass is 127. The van der Waals surface area contributed by atoms with Crippen molar-refractivity contribution in [3.63, 3.8) is 0 Å². The van der Waals surface area contributed by atoms with Crippen molar-refractivity contribution < 1.29 is 14.6 Å². The third-order valence-electron chi connectivity index (χ3n) is 4.55. The van der Waals surface area contributed by atoms with Crippen molar-refractivity contribution in [2.45, 2.75) is 13.0 Å². The van der Waals surface area contributed by atoms with Gasteiger partial charge in [0.1, 0.15) is 5.75 Å². The Kier molecular flexibility index (Phi) is 6.73. The number of hydrogen-bond donors (Lipinski definition) is 1. The van der Waals surface area contributed by atoms with Crippen molar-refractivity contribution in [2.24, 2.45) is 0 Å². The molecular formula is C20H23IN2O3. The number of rotatable bonds is 6. The number of hydrogen-bond acceptors (Lipinski definition) is 3. The predicted octanol–water partition coefficient (Wildman–Crippen LogP) is 3.71. The van der Waals surface area contributed by atoms with E-state index >= 15 is 0 Å². The lowest BCUT2D eigenvalue weighted by Crippen LogP contribution is -2.47. The van der Waals surface area contributed by atoms with E-state index in [2.05, 4.69) is 51.8 Å². The van der Waals surface area contributed by atoms with Gasteiger partial charge in [-0.25, -0.2) is 4.79 Å². The van der Waals surface area contributed by atoms with E-state index in [1.807, 2.05) is 24.3 Å². The number of amides is 1. The highest BCUT2D eigenvalue weighted by Crippen LogP contribution is 2.15. The number of benzene rings is 2. The molecule has 3 rings (SSSR count). The minimum Gasteiger partial charge on any atom is -0.493 e. The van der Waals surface area contributed by atoms with Crippen LogP contribution in [0.15, 0.2) is 48.5 Å². The van der Waals surface area contributed by atoms with Crippen molar-refractivity contribution in [1.29, 1.82) is 0 Å². The molecule has 0 bridgehead atoms. The molecule has 0 aromatic heterocycles. The van der Waals surface area contributed by atoms with Crippen LogP contribution < -0.4 is 4.74 Å². The van der Waals surface area contributed by atoms with Crippen LogP contribution in [0.3, 0.4) is 0 Å². The molecule has 1 saturated heterocycles. The Balaban J connectivity index is 1.42. The van der Waals surface area contributed by atoms with E-state index in [9.17, 15) is 4.79 Å². The molecule has 138 valence electrons. The van der Waals surface area contributed by atoms with Gasteiger partial charge in [-0.1, -0.05) is 24.3 Å². The topological polar surface area (TPSA) is 53.0 Å². The van der Waals surface area contributed by atoms with Crippen LogP contribution in [0.5, 0.6) is 5.75 Å². The maximum absolute atomic E-state index is 10.9. The Hall–Kier alpha value is -1.80. The van der Waals surface area contributed by atoms with E-state index in [0.717, 1.165) is 31.8 Å². The molecule has 26 heavy (non-hydrogen) atoms. The van der Waals surface area contributed by atoms with E-state index in [4.69, 9.17) is 9.84 Å². The van der Waals surface area contributed by atoms with E-state index < -0.39 is 6.09 Å². The van der Waals surface area contributed by atoms with Gasteiger partial charge < -0.3 is 14.7 Å². The van der Waals surface area contributed by atoms with Crippen LogP contribution in [0.25, 0.3) is 0 Å². The van der Waals surface area contributed by atoms with Crippen LogP contribution in [0.1, 0.15) is 11.1 Å². The highest BCUT2D eigenvalue weighted by Gasteiger charge is 2.20. The van der Waals surface area contributed by atoms with Crippen molar-refractivity contribution in [3.8, 4) is 5.75 Å². The Bertz CT molecular complexity index is 711. The second-order valence-corrected chi connectivity index (χ2v) is 7.66. The van der Waals surface area contributed by atoms with E-state index in [0.29, 0.717) is 19.7 Å². The summed E-state index contributed by atoms with van der Waals surface area (Å²) in [6.07, 6.45) is 0.0604. The Labute approximate surface area is 167 Å². The number of carboxylic acid groups (broad SMARTS) is 1. The zero-order chi connectivity index (χ0) is 18.4. The van der Waals surface area contributed by atoms with Crippen LogP contribution in [-0.2, 0) is 13.0 Å². The lowest BCUT2D eigenvalue weighted by molar-refractivity contribution is 0.103. The minimum absolute atomic E-state index is 0.587. The number of piperazine rings is 1. The van der Waals surface area contributed by atoms with Crippen LogP contribution in [0.2, 0.25) is 0 Å². The first-order valence-corrected chi connectivity index (χ1v) is 9.84. The molecule has 0 saturated carbocycles. The van der Waals surface area contributed by atoms with Gasteiger partial charge in [0, 0.05) is 42.7 Å². The van der Waals surface area contributed by atoms with E-state index in [-0.39, 0.29) is 0 Å². The molecule has 1 amide bonds. The first kappa shape index (κ1) is 19.0. The standard InChI is InChI=1S/C20H23IN2O3/c21-18-5-7-19(8-6-18)26-14-9-16-1-3-17(4-2-16)15-22-10-12-23(13-11-22)20(24)25/h1-8H,9-15H2,(H,24,25). The molecule has 2 aromatic carbocycles. The third-order valence-corrected chi connectivity index (χ3v) is 5.26. The van der Waals surface area contributed by atoms with Gasteiger partial charge in [-0.2, -0.15) is 0 Å². The Morgan fingerprint density at radius 1 is 0.962 bits per heavy atom. The number of ether oxygens (including phenoxy) is 1. The van der Waals surface area contributed by atoms with Crippen molar-refractivity contribution in [2.75, 3.05) is 32.8 Å². The second-order valence-electron chi connectivity index (χ2n) is 6.41. The zero-order valence-electron chi connectivity index (χ0n) is 14.6. The Morgan fingerprint density at radius 2 is 1.58 bits per heavy atom. The fraction of sp³-hybridized carbons (Fsp3) is 0.350. The summed E-state index contributed by atoms with van der Waals surface area (Å²) in [6, 6.07) is 16.7. The molecule has 0 radical (unpaired) electrons. The molecule has 1 aliphatic rings. The van der Waals surface area contributed by atoms with E-state index in [1.165, 1.54) is 19.6 Å². The number of nitrogens with zero attached hydrogens (tertiary/aromatic N) is 2. The molecule has 1 heterocycles. The highest BCUT2D eigenvalue weighted by molar-refractivity contribution is 14.1. The summed E-state index contributed by atoms with van der Waals surface area (Å²) in [7, 11) is 0. The van der Waals surface area contributed by atoms with Crippen LogP contribution in [0.4, 0.5) is 4.79 Å². The maximum Gasteiger partial charge on any atom is 0.407 e. The summed E-state index contributed by atoms with van der Waals surface area (Å²) in [5, 5.41) is 9.00. The van der Waals surface area contributed by atoms with Gasteiger partial charge in [0.2, 0.25) is 0 Å². The summed E-state index contributed by atoms with van der Waals surface area (Å²) >= 11 is 2.28. The van der Waals surface area contributed by atoms with Crippen molar-refractivity contribution in [1.82, 2.24) is 9.80 Å². The molecule has 1 N–H and O–H groups in total. The molecule has 1 fully saturated rings. The molecule has 0 unspecified atom stereocenters. The number of halogens is 1. The zero-order valence-corrected chi connectivity index (χ0v) is 16.8. The average molecular weight is 466 g/mol. The normalized spacial score (nSPS) is 15.0. The van der Waals surface area contributed by atoms with Gasteiger partial charge >= 0.3 is 6.09 Å². The second kappa shape index (κ2) is 9.23. The number of carbonyl (C=O) groups is 1. The molecule has 0 aliphatic carbocycles. The van der Waals surface area contributed by atoms with E-state index in [1.54, 1.807) is 0 Å². The van der Waals surface area contributed by atoms with Crippen molar-refractivity contribution in [3.05, 3.63) is 63.2 Å². The van der Waals surface area contributed by atoms with Crippen LogP contribution >= 0.6 is 22.6 Å². The first-order chi connectivity index (χ1) is 12.6. The van der Waals surface area contributed by atoms with Gasteiger partial charge in [-0.05, 0) is 58.0 Å². The lowest BCUT2D eigenvalue weighted by Gasteiger charge is -2.33. The fourth-order valence-corrected chi connectivity index (χ4v) is 3.34. The summed E-state index contributed by atoms with van der Waals surface area (Å²) in [6.45, 7) is 4.28. The smallest absolute Gasteiger partial charge is 0.407 e. The van der Waals surface area contributed by atoms with Gasteiger partial charge in [-0.3, -0.25) is 4.90 Å². The molecule has 5 nitrogen and oxygen atoms in total. The summed E-state index contributed by atoms with van der Waals surface area (Å²) in [4.78, 5) is 14.7. The Morgan fingerprint density at radius 3 is 2.19 bits per heavy atom. The van der Waals surface area contributed by atoms with Gasteiger partial charge in [-0.15, -0.1) is 0 Å². The summed E-state index contributed by atoms with van der Waals surface area (Å²) in [5.74, 6) is 0.905. The maximum atomic E-state index is 10.9. The van der Waals surface area contributed by atoms with Crippen LogP contribution in [0, 0.1) is 3.57 Å². The predicted molar refractivity (Wildman–Crippen MR) is 110 cm³/mol. The molecule has 2 aromatic rings. The van der Waals surface area contributed by atoms with Crippen LogP contribution in [-0.4, -0.2) is 53.8 Å². The summed E-state index contributed by atoms with van der Waals surface area (Å²) in [5.41, 5.74) is 2.52. The minimum atomic E-state index is -0.818. The quantitative estimate of drug-likeness (QED) is 0.660. The lowest BCUT2D eigenvalue weighted by atomic mass is 10.1. The summed E-state index contributed by atoms with van der Waals surface area (Å²) < 4.78 is 6.99. The molecule has 6 heteroatoms. The van der Waals surface area contributed by atoms with Gasteiger partial charge in [0.15, 0.2) is 0 Å². The fourth-order valence-electron chi connectivity index (χ4n) is 2.98. The van der Waals surface area contributed by atoms with Gasteiger partial charge in [0.05, 0.1) is 6.61 Å². The SMILES string of the molecule is O=C(O)N1CCN(Cc2ccc(CCOc3ccc(I)cc3)cc2)CC1. The molecular weight excluding hydrogens is 443 g/mol. The average Bonchev–Trinajstić information content (AvgIpc) is 2.65. The first-order valence-electron chi connectivity index (χ1n) is 8.76. The van der Waals surface area contributed by atoms with Crippen molar-refractivity contribution >= 4 is 28.7 Å². The molecule has 0 spiro atoms.